The molecule has 4 nitrogen and oxygen atoms in total. The van der Waals surface area contributed by atoms with Crippen LogP contribution in [0, 0.1) is 0 Å². The molecule has 0 aromatic heterocycles. The van der Waals surface area contributed by atoms with E-state index in [-0.39, 0.29) is 0 Å². The molecule has 1 rings (SSSR count). The van der Waals surface area contributed by atoms with Crippen LogP contribution in [0.2, 0.25) is 0 Å². The Morgan fingerprint density at radius 3 is 2.38 bits per heavy atom. The summed E-state index contributed by atoms with van der Waals surface area (Å²) < 4.78 is 29.1. The van der Waals surface area contributed by atoms with Crippen LogP contribution in [-0.4, -0.2) is 26.9 Å². The van der Waals surface area contributed by atoms with E-state index in [1.165, 1.54) is 11.4 Å². The quantitative estimate of drug-likeness (QED) is 0.786. The summed E-state index contributed by atoms with van der Waals surface area (Å²) in [7, 11) is -0.244. The smallest absolute Gasteiger partial charge is 0.235 e. The van der Waals surface area contributed by atoms with Crippen molar-refractivity contribution in [3.05, 3.63) is 41.8 Å². The number of benzene rings is 1. The summed E-state index contributed by atoms with van der Waals surface area (Å²) in [5.41, 5.74) is 0.897. The Kier molecular flexibility index (Phi) is 4.09. The van der Waals surface area contributed by atoms with Crippen LogP contribution < -0.4 is 4.74 Å². The van der Waals surface area contributed by atoms with Crippen molar-refractivity contribution in [1.29, 1.82) is 0 Å². The minimum Gasteiger partial charge on any atom is -0.497 e. The van der Waals surface area contributed by atoms with Crippen LogP contribution in [-0.2, 0) is 16.6 Å². The lowest BCUT2D eigenvalue weighted by Crippen LogP contribution is -2.23. The van der Waals surface area contributed by atoms with Gasteiger partial charge in [0.25, 0.3) is 0 Å². The van der Waals surface area contributed by atoms with Gasteiger partial charge in [-0.25, -0.2) is 8.42 Å². The monoisotopic (exact) mass is 241 g/mol. The minimum absolute atomic E-state index is 0.318. The van der Waals surface area contributed by atoms with Crippen molar-refractivity contribution >= 4 is 10.0 Å². The molecular formula is C11H15NO3S. The Balaban J connectivity index is 2.77. The van der Waals surface area contributed by atoms with Crippen molar-refractivity contribution in [3.63, 3.8) is 0 Å². The van der Waals surface area contributed by atoms with Crippen molar-refractivity contribution in [2.24, 2.45) is 0 Å². The van der Waals surface area contributed by atoms with Crippen molar-refractivity contribution in [1.82, 2.24) is 4.31 Å². The molecule has 0 aliphatic carbocycles. The SMILES string of the molecule is C=CS(=O)(=O)N(C)Cc1ccc(OC)cc1. The second-order valence-corrected chi connectivity index (χ2v) is 5.30. The lowest BCUT2D eigenvalue weighted by molar-refractivity contribution is 0.414. The molecule has 0 N–H and O–H groups in total. The summed E-state index contributed by atoms with van der Waals surface area (Å²) in [6.45, 7) is 3.59. The highest BCUT2D eigenvalue weighted by molar-refractivity contribution is 7.91. The van der Waals surface area contributed by atoms with E-state index in [9.17, 15) is 8.42 Å². The molecule has 0 spiro atoms. The maximum Gasteiger partial charge on any atom is 0.235 e. The lowest BCUT2D eigenvalue weighted by Gasteiger charge is -2.14. The molecule has 0 heterocycles. The average Bonchev–Trinajstić information content (AvgIpc) is 2.30. The van der Waals surface area contributed by atoms with Crippen molar-refractivity contribution < 1.29 is 13.2 Å². The van der Waals surface area contributed by atoms with Crippen LogP contribution in [0.3, 0.4) is 0 Å². The first kappa shape index (κ1) is 12.7. The van der Waals surface area contributed by atoms with Gasteiger partial charge in [-0.3, -0.25) is 0 Å². The second kappa shape index (κ2) is 5.14. The van der Waals surface area contributed by atoms with Crippen LogP contribution in [0.1, 0.15) is 5.56 Å². The third kappa shape index (κ3) is 3.08. The maximum absolute atomic E-state index is 11.4. The molecule has 0 saturated carbocycles. The van der Waals surface area contributed by atoms with Crippen molar-refractivity contribution in [3.8, 4) is 5.75 Å². The highest BCUT2D eigenvalue weighted by Crippen LogP contribution is 2.13. The van der Waals surface area contributed by atoms with E-state index in [4.69, 9.17) is 4.74 Å². The first-order valence-electron chi connectivity index (χ1n) is 4.71. The molecule has 0 fully saturated rings. The van der Waals surface area contributed by atoms with E-state index in [1.807, 2.05) is 12.1 Å². The summed E-state index contributed by atoms with van der Waals surface area (Å²) >= 11 is 0. The fourth-order valence-corrected chi connectivity index (χ4v) is 1.79. The fourth-order valence-electron chi connectivity index (χ4n) is 1.21. The third-order valence-corrected chi connectivity index (χ3v) is 3.63. The third-order valence-electron chi connectivity index (χ3n) is 2.21. The van der Waals surface area contributed by atoms with E-state index in [0.717, 1.165) is 16.7 Å². The van der Waals surface area contributed by atoms with Gasteiger partial charge < -0.3 is 4.74 Å². The minimum atomic E-state index is -3.35. The van der Waals surface area contributed by atoms with Gasteiger partial charge in [-0.1, -0.05) is 18.7 Å². The van der Waals surface area contributed by atoms with Crippen LogP contribution >= 0.6 is 0 Å². The number of hydrogen-bond acceptors (Lipinski definition) is 3. The zero-order valence-corrected chi connectivity index (χ0v) is 10.2. The van der Waals surface area contributed by atoms with Crippen LogP contribution in [0.5, 0.6) is 5.75 Å². The molecule has 0 atom stereocenters. The molecule has 16 heavy (non-hydrogen) atoms. The van der Waals surface area contributed by atoms with Crippen LogP contribution in [0.15, 0.2) is 36.3 Å². The Morgan fingerprint density at radius 1 is 1.38 bits per heavy atom. The van der Waals surface area contributed by atoms with Crippen LogP contribution in [0.4, 0.5) is 0 Å². The summed E-state index contributed by atoms with van der Waals surface area (Å²) in [4.78, 5) is 0. The fraction of sp³-hybridized carbons (Fsp3) is 0.273. The van der Waals surface area contributed by atoms with Gasteiger partial charge >= 0.3 is 0 Å². The average molecular weight is 241 g/mol. The Bertz CT molecular complexity index is 451. The molecule has 0 bridgehead atoms. The Labute approximate surface area is 96.2 Å². The van der Waals surface area contributed by atoms with Gasteiger partial charge in [0.2, 0.25) is 10.0 Å². The Morgan fingerprint density at radius 2 is 1.94 bits per heavy atom. The predicted octanol–water partition coefficient (Wildman–Crippen LogP) is 1.60. The molecule has 0 aliphatic heterocycles. The summed E-state index contributed by atoms with van der Waals surface area (Å²) in [6.07, 6.45) is 0. The van der Waals surface area contributed by atoms with Gasteiger partial charge in [0, 0.05) is 19.0 Å². The van der Waals surface area contributed by atoms with Gasteiger partial charge in [-0.05, 0) is 17.7 Å². The number of hydrogen-bond donors (Lipinski definition) is 0. The van der Waals surface area contributed by atoms with E-state index < -0.39 is 10.0 Å². The van der Waals surface area contributed by atoms with E-state index in [0.29, 0.717) is 6.54 Å². The van der Waals surface area contributed by atoms with Gasteiger partial charge in [0.15, 0.2) is 0 Å². The van der Waals surface area contributed by atoms with Crippen molar-refractivity contribution in [2.45, 2.75) is 6.54 Å². The molecule has 0 saturated heterocycles. The first-order valence-corrected chi connectivity index (χ1v) is 6.21. The molecule has 0 amide bonds. The van der Waals surface area contributed by atoms with Gasteiger partial charge in [-0.2, -0.15) is 4.31 Å². The van der Waals surface area contributed by atoms with Gasteiger partial charge in [0.05, 0.1) is 7.11 Å². The summed E-state index contributed by atoms with van der Waals surface area (Å²) in [6, 6.07) is 7.25. The lowest BCUT2D eigenvalue weighted by atomic mass is 10.2. The highest BCUT2D eigenvalue weighted by atomic mass is 32.2. The standard InChI is InChI=1S/C11H15NO3S/c1-4-16(13,14)12(2)9-10-5-7-11(15-3)8-6-10/h4-8H,1,9H2,2-3H3. The maximum atomic E-state index is 11.4. The summed E-state index contributed by atoms with van der Waals surface area (Å²) in [5, 5.41) is 0.941. The van der Waals surface area contributed by atoms with Gasteiger partial charge in [0.1, 0.15) is 5.75 Å². The number of methoxy groups -OCH3 is 1. The molecular weight excluding hydrogens is 226 g/mol. The molecule has 1 aromatic rings. The predicted molar refractivity (Wildman–Crippen MR) is 63.6 cm³/mol. The molecule has 0 radical (unpaired) electrons. The van der Waals surface area contributed by atoms with Crippen LogP contribution in [0.25, 0.3) is 0 Å². The highest BCUT2D eigenvalue weighted by Gasteiger charge is 2.13. The molecule has 5 heteroatoms. The van der Waals surface area contributed by atoms with Gasteiger partial charge in [-0.15, -0.1) is 0 Å². The molecule has 0 aliphatic rings. The zero-order chi connectivity index (χ0) is 12.2. The number of ether oxygens (including phenoxy) is 1. The first-order chi connectivity index (χ1) is 7.49. The molecule has 0 unspecified atom stereocenters. The van der Waals surface area contributed by atoms with E-state index in [1.54, 1.807) is 19.2 Å². The molecule has 88 valence electrons. The van der Waals surface area contributed by atoms with E-state index in [2.05, 4.69) is 6.58 Å². The second-order valence-electron chi connectivity index (χ2n) is 3.32. The molecule has 1 aromatic carbocycles. The largest absolute Gasteiger partial charge is 0.497 e. The number of sulfonamides is 1. The van der Waals surface area contributed by atoms with Crippen molar-refractivity contribution in [2.75, 3.05) is 14.2 Å². The number of nitrogens with zero attached hydrogens (tertiary/aromatic N) is 1. The van der Waals surface area contributed by atoms with E-state index >= 15 is 0 Å². The number of rotatable bonds is 5. The normalized spacial score (nSPS) is 11.4. The Hall–Kier alpha value is -1.33. The summed E-state index contributed by atoms with van der Waals surface area (Å²) in [5.74, 6) is 0.748. The topological polar surface area (TPSA) is 46.6 Å². The zero-order valence-electron chi connectivity index (χ0n) is 9.38.